The molecule has 3 nitrogen and oxygen atoms in total. The van der Waals surface area contributed by atoms with Crippen LogP contribution in [0.25, 0.3) is 22.8 Å². The zero-order valence-corrected chi connectivity index (χ0v) is 12.6. The fraction of sp³-hybridized carbons (Fsp3) is 0.211. The van der Waals surface area contributed by atoms with Crippen LogP contribution in [0.4, 0.5) is 0 Å². The summed E-state index contributed by atoms with van der Waals surface area (Å²) in [5.74, 6) is 0.699. The van der Waals surface area contributed by atoms with Crippen LogP contribution >= 0.6 is 0 Å². The zero-order valence-electron chi connectivity index (χ0n) is 12.6. The summed E-state index contributed by atoms with van der Waals surface area (Å²) in [6.07, 6.45) is 5.15. The molecule has 0 N–H and O–H groups in total. The minimum Gasteiger partial charge on any atom is -0.244 e. The van der Waals surface area contributed by atoms with E-state index in [0.717, 1.165) is 29.9 Å². The van der Waals surface area contributed by atoms with Crippen molar-refractivity contribution in [3.63, 3.8) is 0 Å². The second-order valence-corrected chi connectivity index (χ2v) is 5.74. The first-order chi connectivity index (χ1) is 10.8. The van der Waals surface area contributed by atoms with Crippen LogP contribution in [0, 0.1) is 6.92 Å². The molecule has 0 spiro atoms. The molecular formula is C19H17N3. The molecule has 0 fully saturated rings. The van der Waals surface area contributed by atoms with Gasteiger partial charge in [0.1, 0.15) is 5.69 Å². The molecule has 0 saturated carbocycles. The molecule has 0 unspecified atom stereocenters. The fourth-order valence-electron chi connectivity index (χ4n) is 3.06. The third-order valence-electron chi connectivity index (χ3n) is 4.17. The fourth-order valence-corrected chi connectivity index (χ4v) is 3.06. The lowest BCUT2D eigenvalue weighted by Crippen LogP contribution is -1.98. The summed E-state index contributed by atoms with van der Waals surface area (Å²) in [4.78, 5) is 13.8. The highest BCUT2D eigenvalue weighted by Crippen LogP contribution is 2.32. The van der Waals surface area contributed by atoms with Crippen LogP contribution in [0.15, 0.2) is 48.7 Å². The maximum atomic E-state index is 4.90. The number of hydrogen-bond acceptors (Lipinski definition) is 3. The minimum atomic E-state index is 0.699. The van der Waals surface area contributed by atoms with E-state index in [1.807, 2.05) is 19.1 Å². The van der Waals surface area contributed by atoms with Gasteiger partial charge in [-0.25, -0.2) is 15.0 Å². The summed E-state index contributed by atoms with van der Waals surface area (Å²) in [6.45, 7) is 1.98. The average Bonchev–Trinajstić information content (AvgIpc) is 2.74. The minimum absolute atomic E-state index is 0.699. The van der Waals surface area contributed by atoms with Crippen molar-refractivity contribution in [2.75, 3.05) is 0 Å². The highest BCUT2D eigenvalue weighted by atomic mass is 14.9. The lowest BCUT2D eigenvalue weighted by molar-refractivity contribution is 0.833. The van der Waals surface area contributed by atoms with E-state index in [-0.39, 0.29) is 0 Å². The Morgan fingerprint density at radius 2 is 1.73 bits per heavy atom. The molecule has 0 atom stereocenters. The van der Waals surface area contributed by atoms with Gasteiger partial charge in [-0.1, -0.05) is 30.3 Å². The van der Waals surface area contributed by atoms with Crippen LogP contribution in [0.3, 0.4) is 0 Å². The van der Waals surface area contributed by atoms with E-state index in [9.17, 15) is 0 Å². The van der Waals surface area contributed by atoms with Crippen LogP contribution in [0.2, 0.25) is 0 Å². The van der Waals surface area contributed by atoms with Crippen molar-refractivity contribution in [1.82, 2.24) is 15.0 Å². The van der Waals surface area contributed by atoms with Crippen molar-refractivity contribution in [3.05, 3.63) is 65.5 Å². The molecule has 108 valence electrons. The molecule has 0 radical (unpaired) electrons. The van der Waals surface area contributed by atoms with Gasteiger partial charge in [0.05, 0.1) is 5.69 Å². The number of pyridine rings is 1. The lowest BCUT2D eigenvalue weighted by atomic mass is 10.0. The van der Waals surface area contributed by atoms with Gasteiger partial charge in [-0.3, -0.25) is 0 Å². The van der Waals surface area contributed by atoms with Crippen LogP contribution in [0.5, 0.6) is 0 Å². The van der Waals surface area contributed by atoms with Crippen molar-refractivity contribution in [2.45, 2.75) is 26.2 Å². The topological polar surface area (TPSA) is 38.7 Å². The van der Waals surface area contributed by atoms with Crippen LogP contribution in [-0.2, 0) is 12.8 Å². The Hall–Kier alpha value is -2.55. The zero-order chi connectivity index (χ0) is 14.9. The van der Waals surface area contributed by atoms with E-state index < -0.39 is 0 Å². The Morgan fingerprint density at radius 3 is 2.64 bits per heavy atom. The van der Waals surface area contributed by atoms with Crippen molar-refractivity contribution in [3.8, 4) is 22.8 Å². The van der Waals surface area contributed by atoms with E-state index in [1.165, 1.54) is 23.1 Å². The third-order valence-corrected chi connectivity index (χ3v) is 4.17. The third kappa shape index (κ3) is 2.29. The van der Waals surface area contributed by atoms with Gasteiger partial charge < -0.3 is 0 Å². The van der Waals surface area contributed by atoms with E-state index in [1.54, 1.807) is 6.20 Å². The number of rotatable bonds is 1. The molecule has 0 aliphatic heterocycles. The number of aryl methyl sites for hydroxylation is 3. The summed E-state index contributed by atoms with van der Waals surface area (Å²) >= 11 is 0. The van der Waals surface area contributed by atoms with Gasteiger partial charge in [-0.15, -0.1) is 0 Å². The van der Waals surface area contributed by atoms with Gasteiger partial charge in [0.2, 0.25) is 0 Å². The highest BCUT2D eigenvalue weighted by molar-refractivity contribution is 5.70. The Bertz CT molecular complexity index is 840. The summed E-state index contributed by atoms with van der Waals surface area (Å²) in [6, 6.07) is 14.7. The molecule has 3 aromatic rings. The monoisotopic (exact) mass is 287 g/mol. The largest absolute Gasteiger partial charge is 0.244 e. The quantitative estimate of drug-likeness (QED) is 0.679. The second-order valence-electron chi connectivity index (χ2n) is 5.74. The molecule has 2 heterocycles. The Kier molecular flexibility index (Phi) is 3.19. The van der Waals surface area contributed by atoms with Gasteiger partial charge in [-0.2, -0.15) is 0 Å². The molecule has 0 saturated heterocycles. The second kappa shape index (κ2) is 5.34. The first kappa shape index (κ1) is 13.1. The van der Waals surface area contributed by atoms with Gasteiger partial charge in [0.15, 0.2) is 5.82 Å². The molecule has 0 amide bonds. The summed E-state index contributed by atoms with van der Waals surface area (Å²) in [5.41, 5.74) is 6.86. The maximum absolute atomic E-state index is 4.90. The molecule has 1 aromatic carbocycles. The smallest absolute Gasteiger partial charge is 0.178 e. The van der Waals surface area contributed by atoms with E-state index >= 15 is 0 Å². The lowest BCUT2D eigenvalue weighted by Gasteiger charge is -2.10. The van der Waals surface area contributed by atoms with Gasteiger partial charge in [0, 0.05) is 17.5 Å². The van der Waals surface area contributed by atoms with Crippen LogP contribution < -0.4 is 0 Å². The number of nitrogens with zero attached hydrogens (tertiary/aromatic N) is 3. The molecule has 1 aliphatic rings. The van der Waals surface area contributed by atoms with Crippen LogP contribution in [-0.4, -0.2) is 15.0 Å². The SMILES string of the molecule is Cc1ccnc(-c2ccc3c(n2)-c2ccccc2CCC3)n1. The number of hydrogen-bond donors (Lipinski definition) is 0. The number of fused-ring (bicyclic) bond motifs is 3. The maximum Gasteiger partial charge on any atom is 0.178 e. The number of aromatic nitrogens is 3. The van der Waals surface area contributed by atoms with Gasteiger partial charge in [0.25, 0.3) is 0 Å². The molecule has 3 heteroatoms. The van der Waals surface area contributed by atoms with Crippen molar-refractivity contribution < 1.29 is 0 Å². The Morgan fingerprint density at radius 1 is 0.864 bits per heavy atom. The average molecular weight is 287 g/mol. The molecule has 1 aliphatic carbocycles. The van der Waals surface area contributed by atoms with E-state index in [4.69, 9.17) is 4.98 Å². The van der Waals surface area contributed by atoms with Crippen molar-refractivity contribution in [2.24, 2.45) is 0 Å². The van der Waals surface area contributed by atoms with Crippen molar-refractivity contribution >= 4 is 0 Å². The molecule has 2 aromatic heterocycles. The van der Waals surface area contributed by atoms with E-state index in [0.29, 0.717) is 5.82 Å². The molecule has 4 rings (SSSR count). The molecular weight excluding hydrogens is 270 g/mol. The predicted molar refractivity (Wildman–Crippen MR) is 87.5 cm³/mol. The highest BCUT2D eigenvalue weighted by Gasteiger charge is 2.16. The first-order valence-electron chi connectivity index (χ1n) is 7.69. The summed E-state index contributed by atoms with van der Waals surface area (Å²) < 4.78 is 0. The summed E-state index contributed by atoms with van der Waals surface area (Å²) in [5, 5.41) is 0. The Balaban J connectivity index is 1.90. The summed E-state index contributed by atoms with van der Waals surface area (Å²) in [7, 11) is 0. The number of benzene rings is 1. The Labute approximate surface area is 130 Å². The first-order valence-corrected chi connectivity index (χ1v) is 7.69. The predicted octanol–water partition coefficient (Wildman–Crippen LogP) is 4.00. The van der Waals surface area contributed by atoms with Crippen LogP contribution in [0.1, 0.15) is 23.2 Å². The molecule has 22 heavy (non-hydrogen) atoms. The van der Waals surface area contributed by atoms with Gasteiger partial charge in [-0.05, 0) is 49.4 Å². The van der Waals surface area contributed by atoms with E-state index in [2.05, 4.69) is 40.3 Å². The van der Waals surface area contributed by atoms with Crippen molar-refractivity contribution in [1.29, 1.82) is 0 Å². The standard InChI is InChI=1S/C19H17N3/c1-13-11-12-20-19(21-13)17-10-9-15-7-4-6-14-5-2-3-8-16(14)18(15)22-17/h2-3,5,8-12H,4,6-7H2,1H3. The van der Waals surface area contributed by atoms with Gasteiger partial charge >= 0.3 is 0 Å². The molecule has 0 bridgehead atoms. The normalized spacial score (nSPS) is 13.1.